The van der Waals surface area contributed by atoms with Crippen molar-refractivity contribution in [2.75, 3.05) is 24.7 Å². The number of rotatable bonds is 4. The summed E-state index contributed by atoms with van der Waals surface area (Å²) in [4.78, 5) is 0. The van der Waals surface area contributed by atoms with Gasteiger partial charge in [-0.15, -0.1) is 0 Å². The SMILES string of the molecule is CC1(C)CCSCC1NCC1(CO)CC1. The lowest BCUT2D eigenvalue weighted by Gasteiger charge is -2.39. The fourth-order valence-electron chi connectivity index (χ4n) is 2.18. The van der Waals surface area contributed by atoms with Crippen LogP contribution >= 0.6 is 11.8 Å². The highest BCUT2D eigenvalue weighted by Crippen LogP contribution is 2.45. The maximum Gasteiger partial charge on any atom is 0.0499 e. The number of hydrogen-bond donors (Lipinski definition) is 2. The number of hydrogen-bond acceptors (Lipinski definition) is 3. The smallest absolute Gasteiger partial charge is 0.0499 e. The van der Waals surface area contributed by atoms with E-state index in [4.69, 9.17) is 0 Å². The van der Waals surface area contributed by atoms with Gasteiger partial charge in [0.2, 0.25) is 0 Å². The minimum Gasteiger partial charge on any atom is -0.396 e. The van der Waals surface area contributed by atoms with Crippen molar-refractivity contribution < 1.29 is 5.11 Å². The molecule has 0 bridgehead atoms. The van der Waals surface area contributed by atoms with Gasteiger partial charge in [0, 0.05) is 30.4 Å². The van der Waals surface area contributed by atoms with Crippen molar-refractivity contribution in [3.8, 4) is 0 Å². The standard InChI is InChI=1S/C12H23NOS/c1-11(2)5-6-15-7-10(11)13-8-12(9-14)3-4-12/h10,13-14H,3-9H2,1-2H3. The Morgan fingerprint density at radius 3 is 2.60 bits per heavy atom. The Labute approximate surface area is 97.2 Å². The maximum absolute atomic E-state index is 9.27. The second-order valence-corrected chi connectivity index (χ2v) is 7.05. The van der Waals surface area contributed by atoms with Crippen molar-refractivity contribution in [1.29, 1.82) is 0 Å². The van der Waals surface area contributed by atoms with Crippen LogP contribution in [0.4, 0.5) is 0 Å². The molecule has 15 heavy (non-hydrogen) atoms. The summed E-state index contributed by atoms with van der Waals surface area (Å²) in [5, 5.41) is 13.0. The van der Waals surface area contributed by atoms with E-state index in [0.29, 0.717) is 18.1 Å². The van der Waals surface area contributed by atoms with E-state index < -0.39 is 0 Å². The van der Waals surface area contributed by atoms with Crippen LogP contribution in [-0.4, -0.2) is 35.8 Å². The first-order valence-corrected chi connectivity index (χ1v) is 7.16. The minimum atomic E-state index is 0.248. The molecule has 1 aliphatic heterocycles. The molecule has 2 nitrogen and oxygen atoms in total. The molecule has 1 heterocycles. The second-order valence-electron chi connectivity index (χ2n) is 5.91. The van der Waals surface area contributed by atoms with Crippen LogP contribution in [0, 0.1) is 10.8 Å². The van der Waals surface area contributed by atoms with Crippen LogP contribution in [0.2, 0.25) is 0 Å². The molecule has 0 spiro atoms. The summed E-state index contributed by atoms with van der Waals surface area (Å²) >= 11 is 2.06. The highest BCUT2D eigenvalue weighted by atomic mass is 32.2. The summed E-state index contributed by atoms with van der Waals surface area (Å²) in [7, 11) is 0. The van der Waals surface area contributed by atoms with Crippen molar-refractivity contribution in [3.05, 3.63) is 0 Å². The molecule has 1 aliphatic carbocycles. The van der Waals surface area contributed by atoms with Crippen LogP contribution in [0.3, 0.4) is 0 Å². The first-order chi connectivity index (χ1) is 7.08. The van der Waals surface area contributed by atoms with Crippen molar-refractivity contribution >= 4 is 11.8 Å². The molecule has 0 aromatic rings. The van der Waals surface area contributed by atoms with Gasteiger partial charge in [-0.1, -0.05) is 13.8 Å². The molecule has 1 unspecified atom stereocenters. The van der Waals surface area contributed by atoms with Gasteiger partial charge in [0.05, 0.1) is 0 Å². The minimum absolute atomic E-state index is 0.248. The maximum atomic E-state index is 9.27. The molecule has 3 heteroatoms. The van der Waals surface area contributed by atoms with Gasteiger partial charge >= 0.3 is 0 Å². The van der Waals surface area contributed by atoms with Crippen molar-refractivity contribution in [2.24, 2.45) is 10.8 Å². The molecule has 0 amide bonds. The van der Waals surface area contributed by atoms with Gasteiger partial charge in [0.25, 0.3) is 0 Å². The molecule has 2 N–H and O–H groups in total. The monoisotopic (exact) mass is 229 g/mol. The predicted molar refractivity (Wildman–Crippen MR) is 66.3 cm³/mol. The van der Waals surface area contributed by atoms with Crippen molar-refractivity contribution in [2.45, 2.75) is 39.2 Å². The summed E-state index contributed by atoms with van der Waals surface area (Å²) in [5.41, 5.74) is 0.676. The van der Waals surface area contributed by atoms with Gasteiger partial charge in [-0.3, -0.25) is 0 Å². The van der Waals surface area contributed by atoms with Gasteiger partial charge in [-0.05, 0) is 30.4 Å². The molecule has 0 aromatic heterocycles. The first kappa shape index (κ1) is 11.7. The Kier molecular flexibility index (Phi) is 3.34. The number of aliphatic hydroxyl groups is 1. The average Bonchev–Trinajstić information content (AvgIpc) is 2.96. The van der Waals surface area contributed by atoms with Gasteiger partial charge in [-0.2, -0.15) is 11.8 Å². The molecule has 1 saturated heterocycles. The number of thioether (sulfide) groups is 1. The molecule has 1 atom stereocenters. The zero-order chi connectivity index (χ0) is 10.9. The Morgan fingerprint density at radius 1 is 1.33 bits per heavy atom. The number of aliphatic hydroxyl groups excluding tert-OH is 1. The lowest BCUT2D eigenvalue weighted by Crippen LogP contribution is -2.48. The molecule has 2 rings (SSSR count). The van der Waals surface area contributed by atoms with Crippen molar-refractivity contribution in [3.63, 3.8) is 0 Å². The lowest BCUT2D eigenvalue weighted by atomic mass is 9.82. The average molecular weight is 229 g/mol. The van der Waals surface area contributed by atoms with Crippen LogP contribution in [0.15, 0.2) is 0 Å². The van der Waals surface area contributed by atoms with Crippen LogP contribution < -0.4 is 5.32 Å². The van der Waals surface area contributed by atoms with Gasteiger partial charge in [0.1, 0.15) is 0 Å². The van der Waals surface area contributed by atoms with E-state index in [9.17, 15) is 5.11 Å². The fourth-order valence-corrected chi connectivity index (χ4v) is 3.82. The van der Waals surface area contributed by atoms with Gasteiger partial charge in [-0.25, -0.2) is 0 Å². The fraction of sp³-hybridized carbons (Fsp3) is 1.00. The Balaban J connectivity index is 1.82. The van der Waals surface area contributed by atoms with Crippen LogP contribution in [0.5, 0.6) is 0 Å². The van der Waals surface area contributed by atoms with E-state index in [2.05, 4.69) is 30.9 Å². The third-order valence-corrected chi connectivity index (χ3v) is 5.20. The molecular formula is C12H23NOS. The highest BCUT2D eigenvalue weighted by molar-refractivity contribution is 7.99. The molecule has 2 fully saturated rings. The van der Waals surface area contributed by atoms with E-state index in [1.54, 1.807) is 0 Å². The zero-order valence-corrected chi connectivity index (χ0v) is 10.7. The Morgan fingerprint density at radius 2 is 2.07 bits per heavy atom. The number of nitrogens with one attached hydrogen (secondary N) is 1. The van der Waals surface area contributed by atoms with Crippen molar-refractivity contribution in [1.82, 2.24) is 5.32 Å². The van der Waals surface area contributed by atoms with Crippen LogP contribution in [0.1, 0.15) is 33.1 Å². The van der Waals surface area contributed by atoms with E-state index in [0.717, 1.165) is 6.54 Å². The summed E-state index contributed by atoms with van der Waals surface area (Å²) in [5.74, 6) is 2.53. The molecule has 0 aromatic carbocycles. The first-order valence-electron chi connectivity index (χ1n) is 6.00. The molecule has 2 aliphatic rings. The van der Waals surface area contributed by atoms with Crippen LogP contribution in [0.25, 0.3) is 0 Å². The van der Waals surface area contributed by atoms with E-state index in [1.807, 2.05) is 0 Å². The third kappa shape index (κ3) is 2.69. The normalized spacial score (nSPS) is 32.6. The predicted octanol–water partition coefficient (Wildman–Crippen LogP) is 1.88. The zero-order valence-electron chi connectivity index (χ0n) is 9.88. The van der Waals surface area contributed by atoms with Gasteiger partial charge in [0.15, 0.2) is 0 Å². The Hall–Kier alpha value is 0.270. The largest absolute Gasteiger partial charge is 0.396 e. The topological polar surface area (TPSA) is 32.3 Å². The van der Waals surface area contributed by atoms with E-state index in [1.165, 1.54) is 30.8 Å². The summed E-state index contributed by atoms with van der Waals surface area (Å²) < 4.78 is 0. The molecular weight excluding hydrogens is 206 g/mol. The lowest BCUT2D eigenvalue weighted by molar-refractivity contribution is 0.183. The van der Waals surface area contributed by atoms with Gasteiger partial charge < -0.3 is 10.4 Å². The van der Waals surface area contributed by atoms with E-state index in [-0.39, 0.29) is 5.41 Å². The Bertz CT molecular complexity index is 226. The van der Waals surface area contributed by atoms with E-state index >= 15 is 0 Å². The third-order valence-electron chi connectivity index (χ3n) is 4.13. The summed E-state index contributed by atoms with van der Waals surface area (Å²) in [6.45, 7) is 6.10. The molecule has 0 radical (unpaired) electrons. The quantitative estimate of drug-likeness (QED) is 0.772. The summed E-state index contributed by atoms with van der Waals surface area (Å²) in [6, 6.07) is 0.625. The molecule has 1 saturated carbocycles. The summed E-state index contributed by atoms with van der Waals surface area (Å²) in [6.07, 6.45) is 3.72. The molecule has 88 valence electrons. The second kappa shape index (κ2) is 4.27. The highest BCUT2D eigenvalue weighted by Gasteiger charge is 2.43. The van der Waals surface area contributed by atoms with Crippen LogP contribution in [-0.2, 0) is 0 Å².